The summed E-state index contributed by atoms with van der Waals surface area (Å²) < 4.78 is 9.88. The van der Waals surface area contributed by atoms with Gasteiger partial charge in [-0.15, -0.1) is 0 Å². The lowest BCUT2D eigenvalue weighted by atomic mass is 10.1. The largest absolute Gasteiger partial charge is 0.495 e. The number of benzene rings is 1. The van der Waals surface area contributed by atoms with Crippen molar-refractivity contribution >= 4 is 17.7 Å². The zero-order valence-electron chi connectivity index (χ0n) is 11.1. The molecule has 0 heterocycles. The highest BCUT2D eigenvalue weighted by atomic mass is 16.5. The van der Waals surface area contributed by atoms with Crippen molar-refractivity contribution in [3.05, 3.63) is 29.0 Å². The second-order valence-electron chi connectivity index (χ2n) is 4.59. The second kappa shape index (κ2) is 5.22. The highest BCUT2D eigenvalue weighted by molar-refractivity contribution is 5.92. The number of carbonyl (C=O) groups is 1. The number of nitrogens with two attached hydrogens (primary N) is 2. The summed E-state index contributed by atoms with van der Waals surface area (Å²) in [5.41, 5.74) is 14.3. The van der Waals surface area contributed by atoms with Gasteiger partial charge in [-0.25, -0.2) is 4.79 Å². The van der Waals surface area contributed by atoms with Crippen molar-refractivity contribution in [3.63, 3.8) is 0 Å². The van der Waals surface area contributed by atoms with Crippen LogP contribution in [0, 0.1) is 5.92 Å². The van der Waals surface area contributed by atoms with Crippen molar-refractivity contribution in [2.24, 2.45) is 11.7 Å². The Bertz CT molecular complexity index is 534. The molecule has 0 amide bonds. The van der Waals surface area contributed by atoms with E-state index in [2.05, 4.69) is 0 Å². The molecule has 5 nitrogen and oxygen atoms in total. The van der Waals surface area contributed by atoms with Gasteiger partial charge in [0.15, 0.2) is 0 Å². The van der Waals surface area contributed by atoms with E-state index < -0.39 is 5.97 Å². The number of nitrogen functional groups attached to an aromatic ring is 1. The van der Waals surface area contributed by atoms with Crippen LogP contribution in [0.1, 0.15) is 28.8 Å². The molecule has 0 radical (unpaired) electrons. The Morgan fingerprint density at radius 1 is 1.37 bits per heavy atom. The van der Waals surface area contributed by atoms with Gasteiger partial charge in [-0.2, -0.15) is 0 Å². The van der Waals surface area contributed by atoms with Crippen molar-refractivity contribution in [2.75, 3.05) is 20.0 Å². The van der Waals surface area contributed by atoms with E-state index in [4.69, 9.17) is 20.9 Å². The van der Waals surface area contributed by atoms with Gasteiger partial charge in [0.25, 0.3) is 0 Å². The number of carbonyl (C=O) groups excluding carboxylic acids is 1. The first-order valence-electron chi connectivity index (χ1n) is 6.09. The first-order valence-corrected chi connectivity index (χ1v) is 6.09. The highest BCUT2D eigenvalue weighted by Gasteiger charge is 2.24. The van der Waals surface area contributed by atoms with E-state index in [1.807, 2.05) is 6.08 Å². The summed E-state index contributed by atoms with van der Waals surface area (Å²) in [6, 6.07) is 3.23. The Labute approximate surface area is 112 Å². The first-order chi connectivity index (χ1) is 9.06. The van der Waals surface area contributed by atoms with Crippen molar-refractivity contribution < 1.29 is 14.3 Å². The van der Waals surface area contributed by atoms with Crippen molar-refractivity contribution in [1.82, 2.24) is 0 Å². The molecule has 5 heteroatoms. The molecule has 0 bridgehead atoms. The predicted molar refractivity (Wildman–Crippen MR) is 73.6 cm³/mol. The highest BCUT2D eigenvalue weighted by Crippen LogP contribution is 2.36. The molecule has 1 aliphatic carbocycles. The van der Waals surface area contributed by atoms with Gasteiger partial charge in [0.2, 0.25) is 0 Å². The van der Waals surface area contributed by atoms with Crippen LogP contribution in [0.3, 0.4) is 0 Å². The van der Waals surface area contributed by atoms with Crippen LogP contribution in [0.25, 0.3) is 6.08 Å². The first kappa shape index (κ1) is 13.3. The lowest BCUT2D eigenvalue weighted by molar-refractivity contribution is 0.0600. The SMILES string of the molecule is COC(=O)c1cc(/C=C(\N)C2CC2)c(N)c(OC)c1. The molecule has 0 unspecified atom stereocenters. The van der Waals surface area contributed by atoms with E-state index in [9.17, 15) is 4.79 Å². The number of allylic oxidation sites excluding steroid dienone is 1. The minimum absolute atomic E-state index is 0.392. The summed E-state index contributed by atoms with van der Waals surface area (Å²) in [7, 11) is 2.84. The molecule has 4 N–H and O–H groups in total. The molecular weight excluding hydrogens is 244 g/mol. The quantitative estimate of drug-likeness (QED) is 0.638. The van der Waals surface area contributed by atoms with Crippen LogP contribution >= 0.6 is 0 Å². The maximum atomic E-state index is 11.6. The van der Waals surface area contributed by atoms with E-state index in [-0.39, 0.29) is 0 Å². The lowest BCUT2D eigenvalue weighted by Gasteiger charge is -2.11. The van der Waals surface area contributed by atoms with E-state index >= 15 is 0 Å². The van der Waals surface area contributed by atoms with Crippen LogP contribution in [-0.2, 0) is 4.74 Å². The Hall–Kier alpha value is -2.17. The fourth-order valence-electron chi connectivity index (χ4n) is 1.89. The van der Waals surface area contributed by atoms with Crippen molar-refractivity contribution in [3.8, 4) is 5.75 Å². The zero-order chi connectivity index (χ0) is 14.0. The molecule has 1 aliphatic rings. The topological polar surface area (TPSA) is 87.6 Å². The average Bonchev–Trinajstić information content (AvgIpc) is 3.24. The smallest absolute Gasteiger partial charge is 0.338 e. The normalized spacial score (nSPS) is 15.2. The fourth-order valence-corrected chi connectivity index (χ4v) is 1.89. The second-order valence-corrected chi connectivity index (χ2v) is 4.59. The monoisotopic (exact) mass is 262 g/mol. The summed E-state index contributed by atoms with van der Waals surface area (Å²) >= 11 is 0. The minimum Gasteiger partial charge on any atom is -0.495 e. The lowest BCUT2D eigenvalue weighted by Crippen LogP contribution is -2.06. The summed E-state index contributed by atoms with van der Waals surface area (Å²) in [5.74, 6) is 0.447. The number of esters is 1. The number of anilines is 1. The van der Waals surface area contributed by atoms with Crippen LogP contribution in [0.15, 0.2) is 17.8 Å². The maximum absolute atomic E-state index is 11.6. The molecule has 102 valence electrons. The van der Waals surface area contributed by atoms with E-state index in [0.717, 1.165) is 18.5 Å². The number of hydrogen-bond donors (Lipinski definition) is 2. The summed E-state index contributed by atoms with van der Waals surface area (Å²) in [6.45, 7) is 0. The van der Waals surface area contributed by atoms with E-state index in [1.54, 1.807) is 12.1 Å². The molecule has 0 spiro atoms. The summed E-state index contributed by atoms with van der Waals surface area (Å²) in [6.07, 6.45) is 4.02. The molecule has 1 fully saturated rings. The van der Waals surface area contributed by atoms with Crippen LogP contribution in [0.5, 0.6) is 5.75 Å². The molecule has 0 atom stereocenters. The molecule has 0 saturated heterocycles. The third-order valence-corrected chi connectivity index (χ3v) is 3.19. The molecular formula is C14H18N2O3. The van der Waals surface area contributed by atoms with Crippen LogP contribution < -0.4 is 16.2 Å². The van der Waals surface area contributed by atoms with Gasteiger partial charge in [-0.1, -0.05) is 0 Å². The van der Waals surface area contributed by atoms with Crippen LogP contribution in [-0.4, -0.2) is 20.2 Å². The van der Waals surface area contributed by atoms with Crippen molar-refractivity contribution in [2.45, 2.75) is 12.8 Å². The van der Waals surface area contributed by atoms with Gasteiger partial charge in [-0.05, 0) is 37.0 Å². The van der Waals surface area contributed by atoms with Gasteiger partial charge in [0.05, 0.1) is 25.5 Å². The average molecular weight is 262 g/mol. The number of rotatable bonds is 4. The number of hydrogen-bond acceptors (Lipinski definition) is 5. The summed E-state index contributed by atoms with van der Waals surface area (Å²) in [5, 5.41) is 0. The Kier molecular flexibility index (Phi) is 3.64. The number of ether oxygens (including phenoxy) is 2. The van der Waals surface area contributed by atoms with Crippen LogP contribution in [0.4, 0.5) is 5.69 Å². The number of methoxy groups -OCH3 is 2. The van der Waals surface area contributed by atoms with E-state index in [0.29, 0.717) is 28.5 Å². The van der Waals surface area contributed by atoms with Gasteiger partial charge in [0.1, 0.15) is 5.75 Å². The van der Waals surface area contributed by atoms with Gasteiger partial charge in [0, 0.05) is 11.3 Å². The molecule has 19 heavy (non-hydrogen) atoms. The Morgan fingerprint density at radius 3 is 2.58 bits per heavy atom. The van der Waals surface area contributed by atoms with Gasteiger partial charge in [-0.3, -0.25) is 0 Å². The van der Waals surface area contributed by atoms with Crippen molar-refractivity contribution in [1.29, 1.82) is 0 Å². The fraction of sp³-hybridized carbons (Fsp3) is 0.357. The minimum atomic E-state index is -0.432. The molecule has 2 rings (SSSR count). The standard InChI is InChI=1S/C14H18N2O3/c1-18-12-7-10(14(17)19-2)5-9(13(12)16)6-11(15)8-3-4-8/h5-8H,3-4,15-16H2,1-2H3/b11-6-. The molecule has 0 aromatic heterocycles. The zero-order valence-corrected chi connectivity index (χ0v) is 11.1. The molecule has 1 aromatic rings. The Morgan fingerprint density at radius 2 is 2.05 bits per heavy atom. The van der Waals surface area contributed by atoms with E-state index in [1.165, 1.54) is 14.2 Å². The summed E-state index contributed by atoms with van der Waals surface area (Å²) in [4.78, 5) is 11.6. The Balaban J connectivity index is 2.45. The molecule has 1 saturated carbocycles. The van der Waals surface area contributed by atoms with Crippen LogP contribution in [0.2, 0.25) is 0 Å². The third-order valence-electron chi connectivity index (χ3n) is 3.19. The predicted octanol–water partition coefficient (Wildman–Crippen LogP) is 1.77. The maximum Gasteiger partial charge on any atom is 0.338 e. The molecule has 0 aliphatic heterocycles. The van der Waals surface area contributed by atoms with Gasteiger partial charge < -0.3 is 20.9 Å². The third kappa shape index (κ3) is 2.81. The van der Waals surface area contributed by atoms with Gasteiger partial charge >= 0.3 is 5.97 Å². The molecule has 1 aromatic carbocycles.